The van der Waals surface area contributed by atoms with E-state index < -0.39 is 0 Å². The van der Waals surface area contributed by atoms with Crippen LogP contribution in [-0.4, -0.2) is 72.8 Å². The number of fused-ring (bicyclic) bond motifs is 1. The summed E-state index contributed by atoms with van der Waals surface area (Å²) < 4.78 is 5.59. The quantitative estimate of drug-likeness (QED) is 0.307. The van der Waals surface area contributed by atoms with Crippen molar-refractivity contribution in [2.45, 2.75) is 44.1 Å². The Hall–Kier alpha value is -1.39. The molecule has 1 aromatic carbocycles. The number of halogens is 1. The van der Waals surface area contributed by atoms with E-state index in [4.69, 9.17) is 4.74 Å². The Labute approximate surface area is 196 Å². The fraction of sp³-hybridized carbons (Fsp3) is 0.636. The van der Waals surface area contributed by atoms with Gasteiger partial charge in [-0.25, -0.2) is 4.98 Å². The number of aliphatic imine (C=N–C) groups is 1. The smallest absolute Gasteiger partial charge is 0.191 e. The van der Waals surface area contributed by atoms with Crippen LogP contribution in [0.5, 0.6) is 0 Å². The minimum Gasteiger partial charge on any atom is -0.379 e. The third-order valence-electron chi connectivity index (χ3n) is 6.37. The number of aromatic amines is 1. The number of hydrogen-bond acceptors (Lipinski definition) is 4. The van der Waals surface area contributed by atoms with E-state index in [0.717, 1.165) is 68.6 Å². The van der Waals surface area contributed by atoms with Crippen molar-refractivity contribution < 1.29 is 4.74 Å². The Balaban J connectivity index is 0.00000256. The maximum atomic E-state index is 5.59. The average molecular weight is 526 g/mol. The van der Waals surface area contributed by atoms with Crippen LogP contribution in [0.2, 0.25) is 0 Å². The van der Waals surface area contributed by atoms with Crippen molar-refractivity contribution in [3.8, 4) is 0 Å². The lowest BCUT2D eigenvalue weighted by atomic mass is 9.80. The summed E-state index contributed by atoms with van der Waals surface area (Å²) in [5.41, 5.74) is 2.35. The molecule has 0 atom stereocenters. The molecule has 0 bridgehead atoms. The molecule has 2 fully saturated rings. The molecule has 0 unspecified atom stereocenters. The van der Waals surface area contributed by atoms with E-state index in [0.29, 0.717) is 0 Å². The van der Waals surface area contributed by atoms with Crippen LogP contribution in [0, 0.1) is 0 Å². The predicted octanol–water partition coefficient (Wildman–Crippen LogP) is 2.92. The topological polar surface area (TPSA) is 77.6 Å². The molecular weight excluding hydrogens is 491 g/mol. The molecule has 2 aliphatic rings. The predicted molar refractivity (Wildman–Crippen MR) is 133 cm³/mol. The largest absolute Gasteiger partial charge is 0.379 e. The summed E-state index contributed by atoms with van der Waals surface area (Å²) in [6.07, 6.45) is 7.35. The summed E-state index contributed by atoms with van der Waals surface area (Å²) in [5.74, 6) is 1.88. The Morgan fingerprint density at radius 2 is 1.93 bits per heavy atom. The second-order valence-corrected chi connectivity index (χ2v) is 8.19. The zero-order chi connectivity index (χ0) is 19.9. The summed E-state index contributed by atoms with van der Waals surface area (Å²) >= 11 is 0. The number of nitrogens with one attached hydrogen (secondary N) is 3. The molecule has 0 spiro atoms. The molecule has 1 saturated heterocycles. The van der Waals surface area contributed by atoms with Gasteiger partial charge < -0.3 is 20.4 Å². The molecular formula is C22H35IN6O. The number of benzene rings is 1. The molecule has 30 heavy (non-hydrogen) atoms. The summed E-state index contributed by atoms with van der Waals surface area (Å²) in [6.45, 7) is 5.53. The molecule has 7 nitrogen and oxygen atoms in total. The Kier molecular flexibility index (Phi) is 8.76. The number of nitrogens with zero attached hydrogens (tertiary/aromatic N) is 3. The van der Waals surface area contributed by atoms with Crippen molar-refractivity contribution in [2.75, 3.05) is 46.4 Å². The molecule has 3 N–H and O–H groups in total. The molecule has 0 radical (unpaired) electrons. The molecule has 166 valence electrons. The van der Waals surface area contributed by atoms with Gasteiger partial charge in [0.15, 0.2) is 5.96 Å². The number of H-pyrrole nitrogens is 1. The van der Waals surface area contributed by atoms with Gasteiger partial charge in [0, 0.05) is 45.2 Å². The van der Waals surface area contributed by atoms with E-state index >= 15 is 0 Å². The number of guanidine groups is 1. The zero-order valence-electron chi connectivity index (χ0n) is 18.0. The zero-order valence-corrected chi connectivity index (χ0v) is 20.3. The van der Waals surface area contributed by atoms with Crippen molar-refractivity contribution in [1.29, 1.82) is 0 Å². The monoisotopic (exact) mass is 526 g/mol. The summed E-state index contributed by atoms with van der Waals surface area (Å²) in [7, 11) is 1.85. The molecule has 1 aliphatic heterocycles. The molecule has 2 aromatic rings. The first-order valence-corrected chi connectivity index (χ1v) is 11.0. The van der Waals surface area contributed by atoms with Gasteiger partial charge in [0.1, 0.15) is 5.82 Å². The van der Waals surface area contributed by atoms with Gasteiger partial charge in [-0.05, 0) is 25.0 Å². The highest BCUT2D eigenvalue weighted by Gasteiger charge is 2.38. The molecule has 8 heteroatoms. The average Bonchev–Trinajstić information content (AvgIpc) is 3.20. The SMILES string of the molecule is CN=C(NCCc1nc2ccccc2[nH]1)NCC1(N2CCOCC2)CCCCC1.I. The fourth-order valence-corrected chi connectivity index (χ4v) is 4.74. The first-order valence-electron chi connectivity index (χ1n) is 11.0. The van der Waals surface area contributed by atoms with Crippen LogP contribution in [0.15, 0.2) is 29.3 Å². The van der Waals surface area contributed by atoms with E-state index in [1.54, 1.807) is 0 Å². The van der Waals surface area contributed by atoms with Crippen LogP contribution >= 0.6 is 24.0 Å². The van der Waals surface area contributed by atoms with E-state index in [2.05, 4.69) is 36.6 Å². The van der Waals surface area contributed by atoms with Crippen LogP contribution in [0.1, 0.15) is 37.9 Å². The number of rotatable bonds is 6. The summed E-state index contributed by atoms with van der Waals surface area (Å²) in [5, 5.41) is 7.07. The van der Waals surface area contributed by atoms with Gasteiger partial charge in [0.25, 0.3) is 0 Å². The number of hydrogen-bond donors (Lipinski definition) is 3. The van der Waals surface area contributed by atoms with Crippen LogP contribution in [0.3, 0.4) is 0 Å². The maximum Gasteiger partial charge on any atom is 0.191 e. The second-order valence-electron chi connectivity index (χ2n) is 8.19. The molecule has 4 rings (SSSR count). The van der Waals surface area contributed by atoms with Gasteiger partial charge in [0.2, 0.25) is 0 Å². The van der Waals surface area contributed by atoms with Crippen molar-refractivity contribution in [2.24, 2.45) is 4.99 Å². The highest BCUT2D eigenvalue weighted by Crippen LogP contribution is 2.33. The highest BCUT2D eigenvalue weighted by atomic mass is 127. The van der Waals surface area contributed by atoms with Crippen molar-refractivity contribution >= 4 is 41.0 Å². The molecule has 1 saturated carbocycles. The third-order valence-corrected chi connectivity index (χ3v) is 6.37. The van der Waals surface area contributed by atoms with Gasteiger partial charge in [-0.3, -0.25) is 9.89 Å². The molecule has 1 aromatic heterocycles. The minimum atomic E-state index is 0. The van der Waals surface area contributed by atoms with E-state index in [1.807, 2.05) is 25.2 Å². The molecule has 0 amide bonds. The van der Waals surface area contributed by atoms with Crippen molar-refractivity contribution in [3.63, 3.8) is 0 Å². The number of imidazole rings is 1. The van der Waals surface area contributed by atoms with Gasteiger partial charge in [0.05, 0.1) is 24.2 Å². The van der Waals surface area contributed by atoms with Crippen molar-refractivity contribution in [1.82, 2.24) is 25.5 Å². The number of aromatic nitrogens is 2. The van der Waals surface area contributed by atoms with Gasteiger partial charge in [-0.1, -0.05) is 31.4 Å². The van der Waals surface area contributed by atoms with Crippen LogP contribution in [0.25, 0.3) is 11.0 Å². The van der Waals surface area contributed by atoms with Crippen LogP contribution in [-0.2, 0) is 11.2 Å². The first-order chi connectivity index (χ1) is 14.3. The van der Waals surface area contributed by atoms with Gasteiger partial charge in [-0.2, -0.15) is 0 Å². The standard InChI is InChI=1S/C22H34N6O.HI/c1-23-21(24-12-9-20-26-18-7-3-4-8-19(18)27-20)25-17-22(10-5-2-6-11-22)28-13-15-29-16-14-28;/h3-4,7-8H,2,5-6,9-17H2,1H3,(H,26,27)(H2,23,24,25);1H. The number of para-hydroxylation sites is 2. The van der Waals surface area contributed by atoms with E-state index in [1.165, 1.54) is 32.1 Å². The molecule has 2 heterocycles. The van der Waals surface area contributed by atoms with Crippen LogP contribution in [0.4, 0.5) is 0 Å². The van der Waals surface area contributed by atoms with Crippen molar-refractivity contribution in [3.05, 3.63) is 30.1 Å². The second kappa shape index (κ2) is 11.3. The molecule has 1 aliphatic carbocycles. The fourth-order valence-electron chi connectivity index (χ4n) is 4.74. The first kappa shape index (κ1) is 23.3. The van der Waals surface area contributed by atoms with E-state index in [-0.39, 0.29) is 29.5 Å². The lowest BCUT2D eigenvalue weighted by molar-refractivity contribution is -0.0352. The highest BCUT2D eigenvalue weighted by molar-refractivity contribution is 14.0. The Morgan fingerprint density at radius 3 is 2.67 bits per heavy atom. The summed E-state index contributed by atoms with van der Waals surface area (Å²) in [6, 6.07) is 8.16. The van der Waals surface area contributed by atoms with Gasteiger partial charge >= 0.3 is 0 Å². The van der Waals surface area contributed by atoms with Gasteiger partial charge in [-0.15, -0.1) is 24.0 Å². The maximum absolute atomic E-state index is 5.59. The van der Waals surface area contributed by atoms with E-state index in [9.17, 15) is 0 Å². The number of ether oxygens (including phenoxy) is 1. The number of morpholine rings is 1. The Bertz CT molecular complexity index is 778. The normalized spacial score (nSPS) is 20.0. The summed E-state index contributed by atoms with van der Waals surface area (Å²) in [4.78, 5) is 15.1. The minimum absolute atomic E-state index is 0. The lowest BCUT2D eigenvalue weighted by Crippen LogP contribution is -2.60. The Morgan fingerprint density at radius 1 is 1.17 bits per heavy atom. The third kappa shape index (κ3) is 5.64. The van der Waals surface area contributed by atoms with Crippen LogP contribution < -0.4 is 10.6 Å². The lowest BCUT2D eigenvalue weighted by Gasteiger charge is -2.48.